The van der Waals surface area contributed by atoms with E-state index in [1.165, 1.54) is 18.9 Å². The number of aromatic nitrogens is 2. The van der Waals surface area contributed by atoms with Crippen LogP contribution < -0.4 is 15.0 Å². The van der Waals surface area contributed by atoms with E-state index in [4.69, 9.17) is 14.2 Å². The summed E-state index contributed by atoms with van der Waals surface area (Å²) in [6.45, 7) is 2.24. The van der Waals surface area contributed by atoms with E-state index in [9.17, 15) is 9.59 Å². The van der Waals surface area contributed by atoms with Crippen LogP contribution in [0.4, 0.5) is 0 Å². The number of methoxy groups -OCH3 is 3. The lowest BCUT2D eigenvalue weighted by molar-refractivity contribution is 0.101. The molecule has 0 N–H and O–H groups in total. The number of thioether (sulfide) groups is 1. The number of fused-ring (bicyclic) bond motifs is 1. The van der Waals surface area contributed by atoms with Gasteiger partial charge in [0.2, 0.25) is 0 Å². The van der Waals surface area contributed by atoms with Gasteiger partial charge in [-0.1, -0.05) is 23.9 Å². The standard InChI is InChI=1S/C22H24N2O5S/c1-14(12-27-2)24-21(26)16-7-5-6-8-18(16)23-22(24)30-13-19(25)17-10-9-15(28-3)11-20(17)29-4/h5-11,14H,12-13H2,1-4H3. The molecule has 1 heterocycles. The summed E-state index contributed by atoms with van der Waals surface area (Å²) in [5.41, 5.74) is 0.896. The number of carbonyl (C=O) groups excluding carboxylic acids is 1. The fourth-order valence-electron chi connectivity index (χ4n) is 3.17. The van der Waals surface area contributed by atoms with E-state index < -0.39 is 0 Å². The van der Waals surface area contributed by atoms with E-state index in [2.05, 4.69) is 4.98 Å². The van der Waals surface area contributed by atoms with Crippen molar-refractivity contribution in [1.29, 1.82) is 0 Å². The average molecular weight is 429 g/mol. The van der Waals surface area contributed by atoms with Gasteiger partial charge in [0.25, 0.3) is 5.56 Å². The van der Waals surface area contributed by atoms with E-state index in [1.54, 1.807) is 49.1 Å². The molecule has 3 aromatic rings. The Morgan fingerprint density at radius 3 is 2.60 bits per heavy atom. The molecule has 1 unspecified atom stereocenters. The van der Waals surface area contributed by atoms with E-state index in [1.807, 2.05) is 19.1 Å². The van der Waals surface area contributed by atoms with Crippen LogP contribution in [-0.4, -0.2) is 49.0 Å². The number of nitrogens with zero attached hydrogens (tertiary/aromatic N) is 2. The van der Waals surface area contributed by atoms with Crippen molar-refractivity contribution in [2.45, 2.75) is 18.1 Å². The summed E-state index contributed by atoms with van der Waals surface area (Å²) in [5, 5.41) is 1.01. The first-order valence-electron chi connectivity index (χ1n) is 9.38. The lowest BCUT2D eigenvalue weighted by Gasteiger charge is -2.19. The first-order chi connectivity index (χ1) is 14.5. The van der Waals surface area contributed by atoms with Gasteiger partial charge < -0.3 is 14.2 Å². The Morgan fingerprint density at radius 1 is 1.13 bits per heavy atom. The zero-order valence-corrected chi connectivity index (χ0v) is 18.2. The molecule has 0 bridgehead atoms. The maximum Gasteiger partial charge on any atom is 0.262 e. The SMILES string of the molecule is COCC(C)n1c(SCC(=O)c2ccc(OC)cc2OC)nc2ccccc2c1=O. The fourth-order valence-corrected chi connectivity index (χ4v) is 4.15. The smallest absolute Gasteiger partial charge is 0.262 e. The molecule has 8 heteroatoms. The van der Waals surface area contributed by atoms with Gasteiger partial charge in [-0.25, -0.2) is 4.98 Å². The van der Waals surface area contributed by atoms with Crippen molar-refractivity contribution in [3.8, 4) is 11.5 Å². The van der Waals surface area contributed by atoms with Crippen molar-refractivity contribution < 1.29 is 19.0 Å². The summed E-state index contributed by atoms with van der Waals surface area (Å²) in [6, 6.07) is 12.0. The minimum atomic E-state index is -0.229. The Hall–Kier alpha value is -2.84. The molecule has 0 saturated carbocycles. The van der Waals surface area contributed by atoms with Crippen molar-refractivity contribution in [2.75, 3.05) is 33.7 Å². The minimum Gasteiger partial charge on any atom is -0.497 e. The molecule has 0 fully saturated rings. The van der Waals surface area contributed by atoms with Crippen LogP contribution in [0.15, 0.2) is 52.4 Å². The van der Waals surface area contributed by atoms with Gasteiger partial charge in [-0.05, 0) is 31.2 Å². The average Bonchev–Trinajstić information content (AvgIpc) is 2.77. The molecule has 1 aromatic heterocycles. The van der Waals surface area contributed by atoms with Crippen LogP contribution in [-0.2, 0) is 4.74 Å². The quantitative estimate of drug-likeness (QED) is 0.293. The molecule has 0 radical (unpaired) electrons. The van der Waals surface area contributed by atoms with Gasteiger partial charge in [0.1, 0.15) is 11.5 Å². The summed E-state index contributed by atoms with van der Waals surface area (Å²) >= 11 is 1.22. The third kappa shape index (κ3) is 4.49. The van der Waals surface area contributed by atoms with Crippen LogP contribution >= 0.6 is 11.8 Å². The number of hydrogen-bond acceptors (Lipinski definition) is 7. The van der Waals surface area contributed by atoms with Gasteiger partial charge in [-0.15, -0.1) is 0 Å². The molecule has 158 valence electrons. The molecule has 7 nitrogen and oxygen atoms in total. The fraction of sp³-hybridized carbons (Fsp3) is 0.318. The summed E-state index contributed by atoms with van der Waals surface area (Å²) in [4.78, 5) is 30.6. The van der Waals surface area contributed by atoms with Crippen molar-refractivity contribution in [3.63, 3.8) is 0 Å². The van der Waals surface area contributed by atoms with Gasteiger partial charge in [-0.2, -0.15) is 0 Å². The molecule has 1 atom stereocenters. The third-order valence-corrected chi connectivity index (χ3v) is 5.62. The number of rotatable bonds is 9. The highest BCUT2D eigenvalue weighted by Gasteiger charge is 2.19. The van der Waals surface area contributed by atoms with Crippen molar-refractivity contribution in [1.82, 2.24) is 9.55 Å². The predicted octanol–water partition coefficient (Wildman–Crippen LogP) is 3.60. The molecular weight excluding hydrogens is 404 g/mol. The van der Waals surface area contributed by atoms with Gasteiger partial charge >= 0.3 is 0 Å². The maximum absolute atomic E-state index is 13.1. The molecule has 0 saturated heterocycles. The van der Waals surface area contributed by atoms with Gasteiger partial charge in [0.15, 0.2) is 10.9 Å². The number of Topliss-reactive ketones (excluding diaryl/α,β-unsaturated/α-hetero) is 1. The van der Waals surface area contributed by atoms with Crippen LogP contribution in [0.3, 0.4) is 0 Å². The normalized spacial score (nSPS) is 12.0. The Morgan fingerprint density at radius 2 is 1.90 bits per heavy atom. The molecule has 3 rings (SSSR count). The summed E-state index contributed by atoms with van der Waals surface area (Å²) in [7, 11) is 4.65. The molecule has 0 amide bonds. The highest BCUT2D eigenvalue weighted by Crippen LogP contribution is 2.28. The number of carbonyl (C=O) groups is 1. The minimum absolute atomic E-state index is 0.104. The van der Waals surface area contributed by atoms with Gasteiger partial charge in [-0.3, -0.25) is 14.2 Å². The van der Waals surface area contributed by atoms with Crippen LogP contribution in [0, 0.1) is 0 Å². The zero-order chi connectivity index (χ0) is 21.7. The molecule has 0 aliphatic carbocycles. The molecule has 0 aliphatic rings. The number of benzene rings is 2. The van der Waals surface area contributed by atoms with Gasteiger partial charge in [0, 0.05) is 13.2 Å². The second kappa shape index (κ2) is 9.77. The Labute approximate surface area is 179 Å². The second-order valence-corrected chi connectivity index (χ2v) is 7.61. The predicted molar refractivity (Wildman–Crippen MR) is 117 cm³/mol. The molecule has 30 heavy (non-hydrogen) atoms. The number of hydrogen-bond donors (Lipinski definition) is 0. The summed E-state index contributed by atoms with van der Waals surface area (Å²) in [6.07, 6.45) is 0. The van der Waals surface area contributed by atoms with Crippen LogP contribution in [0.1, 0.15) is 23.3 Å². The Balaban J connectivity index is 1.94. The molecule has 0 spiro atoms. The molecule has 0 aliphatic heterocycles. The van der Waals surface area contributed by atoms with Crippen LogP contribution in [0.2, 0.25) is 0 Å². The van der Waals surface area contributed by atoms with Gasteiger partial charge in [0.05, 0.1) is 49.1 Å². The molecule has 2 aromatic carbocycles. The van der Waals surface area contributed by atoms with E-state index in [0.29, 0.717) is 39.7 Å². The lowest BCUT2D eigenvalue weighted by atomic mass is 10.1. The van der Waals surface area contributed by atoms with E-state index in [0.717, 1.165) is 0 Å². The first kappa shape index (κ1) is 21.9. The number of para-hydroxylation sites is 1. The summed E-state index contributed by atoms with van der Waals surface area (Å²) in [5.74, 6) is 1.02. The topological polar surface area (TPSA) is 79.7 Å². The van der Waals surface area contributed by atoms with E-state index >= 15 is 0 Å². The highest BCUT2D eigenvalue weighted by atomic mass is 32.2. The Kier molecular flexibility index (Phi) is 7.12. The second-order valence-electron chi connectivity index (χ2n) is 6.67. The maximum atomic E-state index is 13.1. The first-order valence-corrected chi connectivity index (χ1v) is 10.4. The lowest BCUT2D eigenvalue weighted by Crippen LogP contribution is -2.28. The monoisotopic (exact) mass is 428 g/mol. The highest BCUT2D eigenvalue weighted by molar-refractivity contribution is 7.99. The Bertz CT molecular complexity index is 1110. The van der Waals surface area contributed by atoms with E-state index in [-0.39, 0.29) is 23.1 Å². The number of ether oxygens (including phenoxy) is 3. The molecular formula is C22H24N2O5S. The van der Waals surface area contributed by atoms with Crippen molar-refractivity contribution >= 4 is 28.4 Å². The van der Waals surface area contributed by atoms with Crippen molar-refractivity contribution in [2.24, 2.45) is 0 Å². The largest absolute Gasteiger partial charge is 0.497 e. The zero-order valence-electron chi connectivity index (χ0n) is 17.4. The van der Waals surface area contributed by atoms with Crippen LogP contribution in [0.25, 0.3) is 10.9 Å². The van der Waals surface area contributed by atoms with Crippen molar-refractivity contribution in [3.05, 3.63) is 58.4 Å². The third-order valence-electron chi connectivity index (χ3n) is 4.67. The van der Waals surface area contributed by atoms with Crippen LogP contribution in [0.5, 0.6) is 11.5 Å². The number of ketones is 1. The summed E-state index contributed by atoms with van der Waals surface area (Å²) < 4.78 is 17.3.